The van der Waals surface area contributed by atoms with E-state index in [1.165, 1.54) is 5.56 Å². The molecule has 0 spiro atoms. The fourth-order valence-corrected chi connectivity index (χ4v) is 4.00. The molecule has 144 valence electrons. The van der Waals surface area contributed by atoms with E-state index in [9.17, 15) is 4.79 Å². The lowest BCUT2D eigenvalue weighted by atomic mass is 9.95. The van der Waals surface area contributed by atoms with Crippen molar-refractivity contribution >= 4 is 5.91 Å². The van der Waals surface area contributed by atoms with Crippen LogP contribution in [0.1, 0.15) is 36.6 Å². The summed E-state index contributed by atoms with van der Waals surface area (Å²) < 4.78 is 5.41. The number of rotatable bonds is 6. The van der Waals surface area contributed by atoms with Gasteiger partial charge in [0.2, 0.25) is 5.91 Å². The van der Waals surface area contributed by atoms with Gasteiger partial charge in [-0.1, -0.05) is 30.3 Å². The van der Waals surface area contributed by atoms with Crippen LogP contribution in [-0.2, 0) is 11.3 Å². The van der Waals surface area contributed by atoms with Crippen LogP contribution in [0.2, 0.25) is 0 Å². The van der Waals surface area contributed by atoms with Crippen molar-refractivity contribution in [3.05, 3.63) is 60.1 Å². The van der Waals surface area contributed by atoms with E-state index >= 15 is 0 Å². The molecule has 2 aromatic rings. The van der Waals surface area contributed by atoms with Crippen molar-refractivity contribution in [3.8, 4) is 0 Å². The first-order valence-electron chi connectivity index (χ1n) is 9.86. The van der Waals surface area contributed by atoms with Gasteiger partial charge in [-0.15, -0.1) is 0 Å². The van der Waals surface area contributed by atoms with E-state index < -0.39 is 0 Å². The molecule has 3 N–H and O–H groups in total. The van der Waals surface area contributed by atoms with Crippen LogP contribution in [-0.4, -0.2) is 36.5 Å². The minimum Gasteiger partial charge on any atom is -0.468 e. The lowest BCUT2D eigenvalue weighted by Gasteiger charge is -2.30. The minimum absolute atomic E-state index is 0.122. The van der Waals surface area contributed by atoms with E-state index in [1.807, 2.05) is 18.2 Å². The molecule has 3 heterocycles. The van der Waals surface area contributed by atoms with Crippen molar-refractivity contribution in [2.45, 2.75) is 37.9 Å². The number of hydrogen-bond acceptors (Lipinski definition) is 5. The van der Waals surface area contributed by atoms with E-state index in [0.29, 0.717) is 12.6 Å². The molecule has 2 aliphatic rings. The molecule has 27 heavy (non-hydrogen) atoms. The Bertz CT molecular complexity index is 711. The summed E-state index contributed by atoms with van der Waals surface area (Å²) in [5.74, 6) is 1.31. The highest BCUT2D eigenvalue weighted by Crippen LogP contribution is 2.22. The van der Waals surface area contributed by atoms with Crippen LogP contribution < -0.4 is 16.2 Å². The van der Waals surface area contributed by atoms with Crippen molar-refractivity contribution in [3.63, 3.8) is 0 Å². The molecule has 1 aromatic heterocycles. The van der Waals surface area contributed by atoms with E-state index in [2.05, 4.69) is 45.3 Å². The average Bonchev–Trinajstić information content (AvgIpc) is 3.39. The Labute approximate surface area is 160 Å². The van der Waals surface area contributed by atoms with Crippen molar-refractivity contribution < 1.29 is 9.21 Å². The third-order valence-corrected chi connectivity index (χ3v) is 5.62. The maximum absolute atomic E-state index is 12.5. The summed E-state index contributed by atoms with van der Waals surface area (Å²) in [7, 11) is 0. The minimum atomic E-state index is 0.122. The van der Waals surface area contributed by atoms with Gasteiger partial charge in [-0.25, -0.2) is 5.43 Å². The molecule has 2 atom stereocenters. The zero-order valence-corrected chi connectivity index (χ0v) is 15.6. The first kappa shape index (κ1) is 18.2. The fourth-order valence-electron chi connectivity index (χ4n) is 4.00. The number of hydrazine groups is 1. The monoisotopic (exact) mass is 368 g/mol. The van der Waals surface area contributed by atoms with E-state index in [1.54, 1.807) is 6.26 Å². The van der Waals surface area contributed by atoms with Gasteiger partial charge >= 0.3 is 0 Å². The largest absolute Gasteiger partial charge is 0.468 e. The molecule has 0 saturated carbocycles. The summed E-state index contributed by atoms with van der Waals surface area (Å²) in [6.45, 7) is 3.39. The topological polar surface area (TPSA) is 69.5 Å². The average molecular weight is 368 g/mol. The quantitative estimate of drug-likeness (QED) is 0.729. The van der Waals surface area contributed by atoms with E-state index in [4.69, 9.17) is 4.42 Å². The van der Waals surface area contributed by atoms with Gasteiger partial charge in [0, 0.05) is 24.5 Å². The number of amides is 1. The Morgan fingerprint density at radius 2 is 1.93 bits per heavy atom. The van der Waals surface area contributed by atoms with Crippen molar-refractivity contribution in [2.75, 3.05) is 19.6 Å². The SMILES string of the molecule is O=C(NCC1CC(c2ccccc2)NN1)C1CCN(Cc2ccco2)CC1. The van der Waals surface area contributed by atoms with Gasteiger partial charge in [-0.2, -0.15) is 0 Å². The normalized spacial score (nSPS) is 24.1. The summed E-state index contributed by atoms with van der Waals surface area (Å²) in [4.78, 5) is 14.9. The molecule has 1 amide bonds. The number of benzene rings is 1. The number of nitrogens with zero attached hydrogens (tertiary/aromatic N) is 1. The third kappa shape index (κ3) is 4.77. The van der Waals surface area contributed by atoms with Gasteiger partial charge in [0.15, 0.2) is 0 Å². The molecule has 2 aliphatic heterocycles. The molecular formula is C21H28N4O2. The first-order valence-corrected chi connectivity index (χ1v) is 9.86. The molecule has 0 radical (unpaired) electrons. The summed E-state index contributed by atoms with van der Waals surface area (Å²) in [6, 6.07) is 14.9. The molecule has 4 rings (SSSR count). The zero-order valence-electron chi connectivity index (χ0n) is 15.6. The van der Waals surface area contributed by atoms with E-state index in [0.717, 1.165) is 44.7 Å². The highest BCUT2D eigenvalue weighted by atomic mass is 16.3. The number of nitrogens with one attached hydrogen (secondary N) is 3. The Hall–Kier alpha value is -2.15. The Morgan fingerprint density at radius 1 is 1.11 bits per heavy atom. The Kier molecular flexibility index (Phi) is 5.87. The highest BCUT2D eigenvalue weighted by molar-refractivity contribution is 5.78. The molecule has 0 aliphatic carbocycles. The van der Waals surface area contributed by atoms with Gasteiger partial charge in [0.05, 0.1) is 12.8 Å². The standard InChI is InChI=1S/C21H28N4O2/c26-21(17-8-10-25(11-9-17)15-19-7-4-12-27-19)22-14-18-13-20(24-23-18)16-5-2-1-3-6-16/h1-7,12,17-18,20,23-24H,8-11,13-15H2,(H,22,26). The van der Waals surface area contributed by atoms with Crippen LogP contribution in [0.15, 0.2) is 53.1 Å². The van der Waals surface area contributed by atoms with Crippen LogP contribution in [0.25, 0.3) is 0 Å². The molecule has 6 nitrogen and oxygen atoms in total. The zero-order chi connectivity index (χ0) is 18.5. The summed E-state index contributed by atoms with van der Waals surface area (Å²) in [6.07, 6.45) is 4.51. The molecule has 0 bridgehead atoms. The smallest absolute Gasteiger partial charge is 0.223 e. The molecule has 2 saturated heterocycles. The summed E-state index contributed by atoms with van der Waals surface area (Å²) in [5.41, 5.74) is 7.93. The number of furan rings is 1. The maximum atomic E-state index is 12.5. The van der Waals surface area contributed by atoms with Gasteiger partial charge < -0.3 is 9.73 Å². The van der Waals surface area contributed by atoms with Crippen molar-refractivity contribution in [1.29, 1.82) is 0 Å². The molecule has 6 heteroatoms. The molecule has 2 fully saturated rings. The Morgan fingerprint density at radius 3 is 2.67 bits per heavy atom. The number of likely N-dealkylation sites (tertiary alicyclic amines) is 1. The third-order valence-electron chi connectivity index (χ3n) is 5.62. The maximum Gasteiger partial charge on any atom is 0.223 e. The van der Waals surface area contributed by atoms with Gasteiger partial charge in [-0.05, 0) is 50.0 Å². The van der Waals surface area contributed by atoms with Crippen LogP contribution in [0.4, 0.5) is 0 Å². The van der Waals surface area contributed by atoms with Crippen LogP contribution in [0, 0.1) is 5.92 Å². The van der Waals surface area contributed by atoms with Crippen molar-refractivity contribution in [1.82, 2.24) is 21.1 Å². The number of carbonyl (C=O) groups is 1. The number of piperidine rings is 1. The summed E-state index contributed by atoms with van der Waals surface area (Å²) in [5, 5.41) is 3.15. The summed E-state index contributed by atoms with van der Waals surface area (Å²) >= 11 is 0. The highest BCUT2D eigenvalue weighted by Gasteiger charge is 2.28. The van der Waals surface area contributed by atoms with Crippen LogP contribution >= 0.6 is 0 Å². The fraction of sp³-hybridized carbons (Fsp3) is 0.476. The van der Waals surface area contributed by atoms with Crippen LogP contribution in [0.5, 0.6) is 0 Å². The Balaban J connectivity index is 1.17. The predicted octanol–water partition coefficient (Wildman–Crippen LogP) is 2.22. The molecule has 2 unspecified atom stereocenters. The van der Waals surface area contributed by atoms with Crippen molar-refractivity contribution in [2.24, 2.45) is 5.92 Å². The molecular weight excluding hydrogens is 340 g/mol. The second-order valence-corrected chi connectivity index (χ2v) is 7.56. The predicted molar refractivity (Wildman–Crippen MR) is 104 cm³/mol. The molecule has 1 aromatic carbocycles. The first-order chi connectivity index (χ1) is 13.3. The lowest BCUT2D eigenvalue weighted by molar-refractivity contribution is -0.126. The number of carbonyl (C=O) groups excluding carboxylic acids is 1. The number of hydrogen-bond donors (Lipinski definition) is 3. The lowest BCUT2D eigenvalue weighted by Crippen LogP contribution is -2.44. The van der Waals surface area contributed by atoms with Gasteiger partial charge in [-0.3, -0.25) is 15.1 Å². The van der Waals surface area contributed by atoms with Gasteiger partial charge in [0.25, 0.3) is 0 Å². The van der Waals surface area contributed by atoms with E-state index in [-0.39, 0.29) is 17.9 Å². The van der Waals surface area contributed by atoms with Crippen LogP contribution in [0.3, 0.4) is 0 Å². The second-order valence-electron chi connectivity index (χ2n) is 7.56. The second kappa shape index (κ2) is 8.69. The van der Waals surface area contributed by atoms with Gasteiger partial charge in [0.1, 0.15) is 5.76 Å².